The highest BCUT2D eigenvalue weighted by Crippen LogP contribution is 2.35. The number of rotatable bonds is 20. The van der Waals surface area contributed by atoms with E-state index in [4.69, 9.17) is 9.47 Å². The van der Waals surface area contributed by atoms with Crippen molar-refractivity contribution in [2.45, 2.75) is 85.0 Å². The normalized spacial score (nSPS) is 17.7. The Balaban J connectivity index is 0.768. The summed E-state index contributed by atoms with van der Waals surface area (Å²) in [6, 6.07) is 18.9. The van der Waals surface area contributed by atoms with Gasteiger partial charge in [0.1, 0.15) is 6.04 Å². The van der Waals surface area contributed by atoms with E-state index in [9.17, 15) is 33.6 Å². The zero-order valence-electron chi connectivity index (χ0n) is 41.8. The Hall–Kier alpha value is -6.73. The second-order valence-electron chi connectivity index (χ2n) is 19.1. The minimum absolute atomic E-state index is 0.0479. The summed E-state index contributed by atoms with van der Waals surface area (Å²) in [5.41, 5.74) is 8.51. The van der Waals surface area contributed by atoms with Crippen LogP contribution in [0.1, 0.15) is 98.0 Å². The van der Waals surface area contributed by atoms with Crippen LogP contribution in [0.4, 0.5) is 11.4 Å². The molecule has 18 nitrogen and oxygen atoms in total. The van der Waals surface area contributed by atoms with Gasteiger partial charge in [0.05, 0.1) is 24.3 Å². The summed E-state index contributed by atoms with van der Waals surface area (Å²) in [6.45, 7) is 16.7. The van der Waals surface area contributed by atoms with Crippen LogP contribution < -0.4 is 31.7 Å². The van der Waals surface area contributed by atoms with Crippen LogP contribution >= 0.6 is 0 Å². The number of carbonyl (C=O) groups excluding carboxylic acids is 6. The molecule has 18 heteroatoms. The van der Waals surface area contributed by atoms with Gasteiger partial charge < -0.3 is 35.3 Å². The molecule has 0 bridgehead atoms. The van der Waals surface area contributed by atoms with Crippen molar-refractivity contribution < 1.29 is 38.2 Å². The molecule has 1 atom stereocenters. The van der Waals surface area contributed by atoms with Gasteiger partial charge in [-0.25, -0.2) is 0 Å². The summed E-state index contributed by atoms with van der Waals surface area (Å²) in [4.78, 5) is 101. The first-order valence-corrected chi connectivity index (χ1v) is 25.2. The number of hydrogen-bond acceptors (Lipinski definition) is 13. The molecule has 1 unspecified atom stereocenters. The third kappa shape index (κ3) is 12.1. The van der Waals surface area contributed by atoms with Crippen LogP contribution in [-0.4, -0.2) is 146 Å². The van der Waals surface area contributed by atoms with Gasteiger partial charge in [0, 0.05) is 126 Å². The average molecular weight is 986 g/mol. The van der Waals surface area contributed by atoms with Crippen LogP contribution in [0, 0.1) is 20.8 Å². The van der Waals surface area contributed by atoms with E-state index in [1.807, 2.05) is 32.9 Å². The number of benzene rings is 3. The van der Waals surface area contributed by atoms with Gasteiger partial charge in [-0.2, -0.15) is 0 Å². The van der Waals surface area contributed by atoms with Gasteiger partial charge in [0.2, 0.25) is 17.7 Å². The van der Waals surface area contributed by atoms with Crippen molar-refractivity contribution >= 4 is 46.8 Å². The molecule has 0 saturated carbocycles. The second-order valence-corrected chi connectivity index (χ2v) is 19.1. The van der Waals surface area contributed by atoms with E-state index < -0.39 is 29.7 Å². The minimum atomic E-state index is -1.04. The Morgan fingerprint density at radius 3 is 2.31 bits per heavy atom. The lowest BCUT2D eigenvalue weighted by Gasteiger charge is -2.37. The highest BCUT2D eigenvalue weighted by atomic mass is 16.5. The van der Waals surface area contributed by atoms with Gasteiger partial charge in [-0.05, 0) is 105 Å². The van der Waals surface area contributed by atoms with Gasteiger partial charge in [0.15, 0.2) is 0 Å². The number of nitrogens with one attached hydrogen (secondary N) is 5. The molecule has 1 aromatic heterocycles. The third-order valence-electron chi connectivity index (χ3n) is 14.2. The number of H-pyrrole nitrogens is 1. The number of aryl methyl sites for hydroxylation is 2. The van der Waals surface area contributed by atoms with Crippen molar-refractivity contribution in [2.75, 3.05) is 89.0 Å². The first-order chi connectivity index (χ1) is 34.8. The van der Waals surface area contributed by atoms with E-state index in [0.29, 0.717) is 49.2 Å². The number of aromatic nitrogens is 1. The van der Waals surface area contributed by atoms with Gasteiger partial charge in [-0.1, -0.05) is 30.3 Å². The molecule has 3 aromatic carbocycles. The highest BCUT2D eigenvalue weighted by molar-refractivity contribution is 6.25. The summed E-state index contributed by atoms with van der Waals surface area (Å²) >= 11 is 0. The number of hydrogen-bond donors (Lipinski definition) is 5. The number of imide groups is 2. The topological polar surface area (TPSA) is 215 Å². The van der Waals surface area contributed by atoms with E-state index in [1.54, 1.807) is 18.2 Å². The first kappa shape index (κ1) is 51.6. The molecule has 4 aliphatic heterocycles. The van der Waals surface area contributed by atoms with Crippen molar-refractivity contribution in [1.82, 2.24) is 35.6 Å². The monoisotopic (exact) mass is 986 g/mol. The Morgan fingerprint density at radius 2 is 1.58 bits per heavy atom. The Bertz CT molecular complexity index is 2730. The summed E-state index contributed by atoms with van der Waals surface area (Å²) in [5, 5.41) is 11.4. The lowest BCUT2D eigenvalue weighted by atomic mass is 9.94. The standard InChI is InChI=1S/C54H67N9O9/c1-5-62(40-15-25-71-26-16-40)46-31-39(30-42(36(46)4)50(66)57-32-43-34(2)29-35(3)58-51(43)67)38-11-9-37(10-12-38)33-61-23-21-60(22-24-61)20-18-56-47(64)17-27-72-28-19-55-44-8-6-7-41-49(44)54(70)63(53(41)69)45-13-14-48(65)59-52(45)68/h6-12,29-31,40,45,55H,5,13-28,32-33H2,1-4H3,(H,56,64)(H,57,66)(H,58,67)(H,59,65,68). The van der Waals surface area contributed by atoms with Gasteiger partial charge in [-0.3, -0.25) is 53.6 Å². The van der Waals surface area contributed by atoms with Crippen LogP contribution in [0.5, 0.6) is 0 Å². The smallest absolute Gasteiger partial charge is 0.264 e. The minimum Gasteiger partial charge on any atom is -0.382 e. The maximum atomic E-state index is 14.0. The molecule has 0 radical (unpaired) electrons. The van der Waals surface area contributed by atoms with Gasteiger partial charge in [-0.15, -0.1) is 0 Å². The highest BCUT2D eigenvalue weighted by Gasteiger charge is 2.45. The molecule has 6 amide bonds. The molecular formula is C54H67N9O9. The van der Waals surface area contributed by atoms with E-state index in [2.05, 4.69) is 78.2 Å². The van der Waals surface area contributed by atoms with Gasteiger partial charge >= 0.3 is 0 Å². The lowest BCUT2D eigenvalue weighted by molar-refractivity contribution is -0.136. The number of fused-ring (bicyclic) bond motifs is 1. The summed E-state index contributed by atoms with van der Waals surface area (Å²) in [6.07, 6.45) is 2.17. The van der Waals surface area contributed by atoms with Crippen LogP contribution in [0.2, 0.25) is 0 Å². The number of amides is 6. The van der Waals surface area contributed by atoms with Crippen LogP contribution in [0.3, 0.4) is 0 Å². The fraction of sp³-hybridized carbons (Fsp3) is 0.463. The zero-order valence-corrected chi connectivity index (χ0v) is 41.8. The van der Waals surface area contributed by atoms with Crippen LogP contribution in [0.15, 0.2) is 65.5 Å². The fourth-order valence-electron chi connectivity index (χ4n) is 10.2. The number of piperazine rings is 1. The third-order valence-corrected chi connectivity index (χ3v) is 14.2. The molecule has 4 aromatic rings. The van der Waals surface area contributed by atoms with E-state index in [-0.39, 0.29) is 67.5 Å². The summed E-state index contributed by atoms with van der Waals surface area (Å²) < 4.78 is 11.4. The molecule has 3 fully saturated rings. The summed E-state index contributed by atoms with van der Waals surface area (Å²) in [5.74, 6) is -2.56. The average Bonchev–Trinajstić information content (AvgIpc) is 3.62. The van der Waals surface area contributed by atoms with Crippen molar-refractivity contribution in [3.05, 3.63) is 116 Å². The largest absolute Gasteiger partial charge is 0.382 e. The Labute approximate surface area is 420 Å². The molecule has 382 valence electrons. The molecule has 5 heterocycles. The van der Waals surface area contributed by atoms with Crippen LogP contribution in [-0.2, 0) is 36.9 Å². The zero-order chi connectivity index (χ0) is 50.9. The van der Waals surface area contributed by atoms with E-state index in [0.717, 1.165) is 97.2 Å². The number of nitrogens with zero attached hydrogens (tertiary/aromatic N) is 4. The number of carbonyl (C=O) groups is 6. The van der Waals surface area contributed by atoms with Gasteiger partial charge in [0.25, 0.3) is 23.3 Å². The molecule has 5 N–H and O–H groups in total. The molecule has 72 heavy (non-hydrogen) atoms. The Kier molecular flexibility index (Phi) is 17.0. The number of piperidine rings is 1. The van der Waals surface area contributed by atoms with E-state index in [1.165, 1.54) is 5.56 Å². The maximum Gasteiger partial charge on any atom is 0.264 e. The molecule has 8 rings (SSSR count). The van der Waals surface area contributed by atoms with E-state index >= 15 is 0 Å². The SMILES string of the molecule is CCN(c1cc(-c2ccc(CN3CCN(CCNC(=O)CCOCCNc4cccc5c4C(=O)N(C4CCC(=O)NC4=O)C5=O)CC3)cc2)cc(C(=O)NCc2c(C)cc(C)[nH]c2=O)c1C)C1CCOCC1. The van der Waals surface area contributed by atoms with Crippen molar-refractivity contribution in [3.63, 3.8) is 0 Å². The molecule has 0 spiro atoms. The van der Waals surface area contributed by atoms with Crippen molar-refractivity contribution in [3.8, 4) is 11.1 Å². The quantitative estimate of drug-likeness (QED) is 0.0625. The molecular weight excluding hydrogens is 919 g/mol. The lowest BCUT2D eigenvalue weighted by Crippen LogP contribution is -2.54. The second kappa shape index (κ2) is 23.7. The number of aromatic amines is 1. The summed E-state index contributed by atoms with van der Waals surface area (Å²) in [7, 11) is 0. The molecule has 0 aliphatic carbocycles. The van der Waals surface area contributed by atoms with Crippen molar-refractivity contribution in [2.24, 2.45) is 0 Å². The number of ether oxygens (including phenoxy) is 2. The Morgan fingerprint density at radius 1 is 0.833 bits per heavy atom. The predicted octanol–water partition coefficient (Wildman–Crippen LogP) is 4.06. The number of anilines is 2. The molecule has 4 aliphatic rings. The maximum absolute atomic E-state index is 14.0. The fourth-order valence-corrected chi connectivity index (χ4v) is 10.2. The van der Waals surface area contributed by atoms with Crippen molar-refractivity contribution in [1.29, 1.82) is 0 Å². The predicted molar refractivity (Wildman–Crippen MR) is 273 cm³/mol. The van der Waals surface area contributed by atoms with Crippen LogP contribution in [0.25, 0.3) is 11.1 Å². The number of pyridine rings is 1. The molecule has 3 saturated heterocycles. The first-order valence-electron chi connectivity index (χ1n) is 25.2.